The summed E-state index contributed by atoms with van der Waals surface area (Å²) in [7, 11) is -3.47. The van der Waals surface area contributed by atoms with Crippen LogP contribution >= 0.6 is 0 Å². The monoisotopic (exact) mass is 304 g/mol. The van der Waals surface area contributed by atoms with E-state index in [2.05, 4.69) is 0 Å². The summed E-state index contributed by atoms with van der Waals surface area (Å²) in [6.45, 7) is -0.936. The van der Waals surface area contributed by atoms with Gasteiger partial charge >= 0.3 is 0 Å². The van der Waals surface area contributed by atoms with E-state index in [9.17, 15) is 13.2 Å². The number of carbonyl (C=O) groups is 1. The second-order valence-corrected chi connectivity index (χ2v) is 6.62. The first-order valence-electron chi connectivity index (χ1n) is 7.08. The van der Waals surface area contributed by atoms with Crippen molar-refractivity contribution in [2.75, 3.05) is 12.3 Å². The summed E-state index contributed by atoms with van der Waals surface area (Å²) < 4.78 is 32.5. The summed E-state index contributed by atoms with van der Waals surface area (Å²) in [4.78, 5) is 12.6. The highest BCUT2D eigenvalue weighted by atomic mass is 32.2. The van der Waals surface area contributed by atoms with Crippen LogP contribution in [0.4, 0.5) is 0 Å². The Kier molecular flexibility index (Phi) is 4.63. The van der Waals surface area contributed by atoms with Gasteiger partial charge in [0.1, 0.15) is 0 Å². The molecule has 110 valence electrons. The van der Waals surface area contributed by atoms with Gasteiger partial charge in [0.05, 0.1) is 12.0 Å². The maximum absolute atomic E-state index is 12.2. The van der Waals surface area contributed by atoms with E-state index in [0.717, 1.165) is 0 Å². The normalized spacial score (nSPS) is 13.2. The van der Waals surface area contributed by atoms with Crippen molar-refractivity contribution in [3.8, 4) is 0 Å². The predicted molar refractivity (Wildman–Crippen MR) is 81.4 cm³/mol. The highest BCUT2D eigenvalue weighted by molar-refractivity contribution is 7.91. The van der Waals surface area contributed by atoms with Gasteiger partial charge in [0.2, 0.25) is 6.41 Å². The fourth-order valence-corrected chi connectivity index (χ4v) is 3.11. The van der Waals surface area contributed by atoms with Gasteiger partial charge in [-0.3, -0.25) is 4.79 Å². The van der Waals surface area contributed by atoms with Crippen LogP contribution in [-0.2, 0) is 21.2 Å². The quantitative estimate of drug-likeness (QED) is 0.736. The maximum Gasteiger partial charge on any atom is 0.210 e. The SMILES string of the molecule is [2H]C(c1ccccc1)N(C=O)CCS(=O)(=O)c1ccccc1. The zero-order valence-electron chi connectivity index (χ0n) is 12.4. The molecule has 5 heteroatoms. The van der Waals surface area contributed by atoms with E-state index in [1.165, 1.54) is 17.0 Å². The summed E-state index contributed by atoms with van der Waals surface area (Å²) in [6, 6.07) is 16.9. The molecule has 0 aliphatic rings. The first kappa shape index (κ1) is 13.8. The van der Waals surface area contributed by atoms with Crippen LogP contribution in [0, 0.1) is 0 Å². The number of sulfone groups is 1. The first-order valence-corrected chi connectivity index (χ1v) is 8.16. The van der Waals surface area contributed by atoms with Crippen LogP contribution in [-0.4, -0.2) is 32.0 Å². The van der Waals surface area contributed by atoms with E-state index in [0.29, 0.717) is 12.0 Å². The average molecular weight is 304 g/mol. The van der Waals surface area contributed by atoms with E-state index in [1.807, 2.05) is 6.07 Å². The van der Waals surface area contributed by atoms with Crippen molar-refractivity contribution in [2.24, 2.45) is 0 Å². The molecular weight excluding hydrogens is 286 g/mol. The number of benzene rings is 2. The summed E-state index contributed by atoms with van der Waals surface area (Å²) in [5.74, 6) is -0.210. The Hall–Kier alpha value is -2.14. The Balaban J connectivity index is 2.07. The minimum absolute atomic E-state index is 0.0240. The van der Waals surface area contributed by atoms with Gasteiger partial charge in [-0.15, -0.1) is 0 Å². The Labute approximate surface area is 126 Å². The van der Waals surface area contributed by atoms with Crippen molar-refractivity contribution in [1.82, 2.24) is 4.90 Å². The van der Waals surface area contributed by atoms with Gasteiger partial charge in [0.25, 0.3) is 0 Å². The molecule has 0 fully saturated rings. The number of amides is 1. The summed E-state index contributed by atoms with van der Waals surface area (Å²) in [5.41, 5.74) is 0.645. The molecule has 0 aliphatic heterocycles. The highest BCUT2D eigenvalue weighted by Gasteiger charge is 2.15. The lowest BCUT2D eigenvalue weighted by Gasteiger charge is -2.17. The molecule has 0 N–H and O–H groups in total. The average Bonchev–Trinajstić information content (AvgIpc) is 2.57. The van der Waals surface area contributed by atoms with Gasteiger partial charge in [0.15, 0.2) is 9.84 Å². The standard InChI is InChI=1S/C16H17NO3S/c18-14-17(13-15-7-3-1-4-8-15)11-12-21(19,20)16-9-5-2-6-10-16/h1-10,14H,11-13H2/i13D. The van der Waals surface area contributed by atoms with Crippen LogP contribution in [0.5, 0.6) is 0 Å². The Bertz CT molecular complexity index is 705. The molecule has 0 saturated carbocycles. The van der Waals surface area contributed by atoms with Crippen molar-refractivity contribution < 1.29 is 14.6 Å². The summed E-state index contributed by atoms with van der Waals surface area (Å²) >= 11 is 0. The molecule has 0 heterocycles. The van der Waals surface area contributed by atoms with Crippen molar-refractivity contribution in [2.45, 2.75) is 11.4 Å². The Morgan fingerprint density at radius 3 is 2.14 bits per heavy atom. The molecular formula is C16H17NO3S. The molecule has 2 aromatic carbocycles. The van der Waals surface area contributed by atoms with E-state index in [-0.39, 0.29) is 17.2 Å². The van der Waals surface area contributed by atoms with Crippen molar-refractivity contribution in [3.63, 3.8) is 0 Å². The lowest BCUT2D eigenvalue weighted by Crippen LogP contribution is -2.27. The minimum atomic E-state index is -3.47. The molecule has 21 heavy (non-hydrogen) atoms. The van der Waals surface area contributed by atoms with Crippen LogP contribution in [0.15, 0.2) is 65.6 Å². The molecule has 1 amide bonds. The zero-order chi connectivity index (χ0) is 16.0. The van der Waals surface area contributed by atoms with Crippen molar-refractivity contribution >= 4 is 16.2 Å². The third-order valence-electron chi connectivity index (χ3n) is 2.97. The van der Waals surface area contributed by atoms with E-state index in [1.54, 1.807) is 42.5 Å². The van der Waals surface area contributed by atoms with Crippen LogP contribution in [0.2, 0.25) is 0 Å². The van der Waals surface area contributed by atoms with Gasteiger partial charge < -0.3 is 4.90 Å². The molecule has 0 spiro atoms. The second-order valence-electron chi connectivity index (χ2n) is 4.51. The molecule has 0 saturated heterocycles. The second kappa shape index (κ2) is 7.04. The van der Waals surface area contributed by atoms with E-state index in [4.69, 9.17) is 1.37 Å². The van der Waals surface area contributed by atoms with Crippen LogP contribution in [0.1, 0.15) is 6.93 Å². The van der Waals surface area contributed by atoms with Crippen LogP contribution in [0.25, 0.3) is 0 Å². The van der Waals surface area contributed by atoms with Crippen molar-refractivity contribution in [1.29, 1.82) is 0 Å². The van der Waals surface area contributed by atoms with E-state index < -0.39 is 16.4 Å². The smallest absolute Gasteiger partial charge is 0.210 e. The van der Waals surface area contributed by atoms with E-state index >= 15 is 0 Å². The third kappa shape index (κ3) is 4.43. The number of rotatable bonds is 7. The van der Waals surface area contributed by atoms with Crippen LogP contribution in [0.3, 0.4) is 0 Å². The summed E-state index contributed by atoms with van der Waals surface area (Å²) in [5, 5.41) is 0. The largest absolute Gasteiger partial charge is 0.340 e. The molecule has 0 radical (unpaired) electrons. The molecule has 0 aromatic heterocycles. The number of carbonyl (C=O) groups excluding carboxylic acids is 1. The fourth-order valence-electron chi connectivity index (χ4n) is 1.85. The molecule has 0 bridgehead atoms. The maximum atomic E-state index is 12.2. The number of hydrogen-bond donors (Lipinski definition) is 0. The Morgan fingerprint density at radius 1 is 1.00 bits per heavy atom. The minimum Gasteiger partial charge on any atom is -0.340 e. The molecule has 2 aromatic rings. The van der Waals surface area contributed by atoms with Gasteiger partial charge in [-0.1, -0.05) is 48.5 Å². The molecule has 4 nitrogen and oxygen atoms in total. The molecule has 2 rings (SSSR count). The lowest BCUT2D eigenvalue weighted by molar-refractivity contribution is -0.118. The Morgan fingerprint density at radius 2 is 1.57 bits per heavy atom. The predicted octanol–water partition coefficient (Wildman–Crippen LogP) is 2.12. The van der Waals surface area contributed by atoms with Gasteiger partial charge in [-0.05, 0) is 17.7 Å². The molecule has 1 unspecified atom stereocenters. The molecule has 1 atom stereocenters. The summed E-state index contributed by atoms with van der Waals surface area (Å²) in [6.07, 6.45) is 0.519. The van der Waals surface area contributed by atoms with Gasteiger partial charge in [-0.2, -0.15) is 0 Å². The topological polar surface area (TPSA) is 54.5 Å². The van der Waals surface area contributed by atoms with Gasteiger partial charge in [-0.25, -0.2) is 8.42 Å². The van der Waals surface area contributed by atoms with Gasteiger partial charge in [0, 0.05) is 13.1 Å². The fraction of sp³-hybridized carbons (Fsp3) is 0.188. The zero-order valence-corrected chi connectivity index (χ0v) is 12.2. The third-order valence-corrected chi connectivity index (χ3v) is 4.68. The number of hydrogen-bond acceptors (Lipinski definition) is 3. The first-order chi connectivity index (χ1) is 10.5. The number of nitrogens with zero attached hydrogens (tertiary/aromatic N) is 1. The van der Waals surface area contributed by atoms with Crippen LogP contribution < -0.4 is 0 Å². The lowest BCUT2D eigenvalue weighted by atomic mass is 10.2. The highest BCUT2D eigenvalue weighted by Crippen LogP contribution is 2.11. The molecule has 0 aliphatic carbocycles. The van der Waals surface area contributed by atoms with Crippen molar-refractivity contribution in [3.05, 3.63) is 66.2 Å².